The molecule has 22 heavy (non-hydrogen) atoms. The molecule has 0 unspecified atom stereocenters. The van der Waals surface area contributed by atoms with Gasteiger partial charge in [-0.25, -0.2) is 9.97 Å². The van der Waals surface area contributed by atoms with Crippen LogP contribution in [0.25, 0.3) is 10.9 Å². The number of aromatic hydroxyl groups is 2. The number of rotatable bonds is 1. The average molecular weight is 314 g/mol. The van der Waals surface area contributed by atoms with Crippen molar-refractivity contribution in [2.45, 2.75) is 6.42 Å². The molecule has 0 atom stereocenters. The van der Waals surface area contributed by atoms with E-state index in [1.54, 1.807) is 0 Å². The summed E-state index contributed by atoms with van der Waals surface area (Å²) in [6.07, 6.45) is 2.36. The molecule has 110 valence electrons. The highest BCUT2D eigenvalue weighted by atomic mass is 35.5. The summed E-state index contributed by atoms with van der Waals surface area (Å²) in [5, 5.41) is 20.8. The lowest BCUT2D eigenvalue weighted by atomic mass is 10.1. The van der Waals surface area contributed by atoms with Crippen molar-refractivity contribution in [3.05, 3.63) is 47.2 Å². The number of anilines is 2. The molecule has 4 rings (SSSR count). The fourth-order valence-corrected chi connectivity index (χ4v) is 3.02. The van der Waals surface area contributed by atoms with E-state index in [2.05, 4.69) is 14.9 Å². The smallest absolute Gasteiger partial charge is 0.159 e. The maximum absolute atomic E-state index is 9.78. The highest BCUT2D eigenvalue weighted by molar-refractivity contribution is 6.31. The van der Waals surface area contributed by atoms with E-state index in [1.807, 2.05) is 18.2 Å². The average Bonchev–Trinajstić information content (AvgIpc) is 2.91. The normalized spacial score (nSPS) is 13.6. The van der Waals surface area contributed by atoms with Gasteiger partial charge in [-0.3, -0.25) is 0 Å². The molecule has 3 aromatic rings. The lowest BCUT2D eigenvalue weighted by Gasteiger charge is -2.20. The van der Waals surface area contributed by atoms with Crippen LogP contribution in [-0.4, -0.2) is 26.7 Å². The van der Waals surface area contributed by atoms with E-state index in [-0.39, 0.29) is 11.5 Å². The quantitative estimate of drug-likeness (QED) is 0.674. The van der Waals surface area contributed by atoms with Crippen LogP contribution >= 0.6 is 11.6 Å². The molecule has 0 saturated carbocycles. The lowest BCUT2D eigenvalue weighted by Crippen LogP contribution is -2.15. The Hall–Kier alpha value is -2.53. The number of benzene rings is 2. The maximum atomic E-state index is 9.78. The van der Waals surface area contributed by atoms with Crippen molar-refractivity contribution >= 4 is 34.0 Å². The van der Waals surface area contributed by atoms with Crippen LogP contribution in [0.15, 0.2) is 36.7 Å². The summed E-state index contributed by atoms with van der Waals surface area (Å²) in [6, 6.07) is 8.74. The van der Waals surface area contributed by atoms with Crippen LogP contribution in [0.1, 0.15) is 5.56 Å². The van der Waals surface area contributed by atoms with Crippen LogP contribution in [0, 0.1) is 0 Å². The summed E-state index contributed by atoms with van der Waals surface area (Å²) in [6.45, 7) is 0.781. The van der Waals surface area contributed by atoms with Crippen molar-refractivity contribution in [3.63, 3.8) is 0 Å². The summed E-state index contributed by atoms with van der Waals surface area (Å²) in [7, 11) is 0. The minimum atomic E-state index is -0.193. The van der Waals surface area contributed by atoms with Gasteiger partial charge in [0.15, 0.2) is 11.5 Å². The van der Waals surface area contributed by atoms with E-state index in [9.17, 15) is 10.2 Å². The molecule has 2 aromatic carbocycles. The maximum Gasteiger partial charge on any atom is 0.159 e. The lowest BCUT2D eigenvalue weighted by molar-refractivity contribution is 0.405. The van der Waals surface area contributed by atoms with Crippen molar-refractivity contribution in [2.24, 2.45) is 0 Å². The zero-order valence-electron chi connectivity index (χ0n) is 11.5. The van der Waals surface area contributed by atoms with E-state index < -0.39 is 0 Å². The number of aromatic nitrogens is 2. The predicted molar refractivity (Wildman–Crippen MR) is 85.0 cm³/mol. The van der Waals surface area contributed by atoms with Gasteiger partial charge in [0, 0.05) is 28.7 Å². The van der Waals surface area contributed by atoms with Crippen LogP contribution in [0.4, 0.5) is 11.5 Å². The van der Waals surface area contributed by atoms with E-state index in [4.69, 9.17) is 11.6 Å². The van der Waals surface area contributed by atoms with Gasteiger partial charge in [-0.2, -0.15) is 0 Å². The fourth-order valence-electron chi connectivity index (χ4n) is 2.85. The number of halogens is 1. The van der Waals surface area contributed by atoms with Gasteiger partial charge < -0.3 is 15.1 Å². The third-order valence-corrected chi connectivity index (χ3v) is 4.14. The Kier molecular flexibility index (Phi) is 2.84. The summed E-state index contributed by atoms with van der Waals surface area (Å²) >= 11 is 6.11. The standard InChI is InChI=1S/C16H12ClN3O2/c17-10-2-1-9-3-4-20(13(9)5-10)16-11-6-14(21)15(22)7-12(11)18-8-19-16/h1-2,5-8,21-22H,3-4H2. The number of fused-ring (bicyclic) bond motifs is 2. The first kappa shape index (κ1) is 13.2. The van der Waals surface area contributed by atoms with Crippen LogP contribution in [-0.2, 0) is 6.42 Å². The van der Waals surface area contributed by atoms with Gasteiger partial charge in [0.25, 0.3) is 0 Å². The molecular weight excluding hydrogens is 302 g/mol. The second-order valence-electron chi connectivity index (χ2n) is 5.23. The van der Waals surface area contributed by atoms with Crippen molar-refractivity contribution in [2.75, 3.05) is 11.4 Å². The zero-order chi connectivity index (χ0) is 15.3. The number of hydrogen-bond donors (Lipinski definition) is 2. The van der Waals surface area contributed by atoms with Gasteiger partial charge in [-0.15, -0.1) is 0 Å². The molecule has 2 heterocycles. The molecule has 0 fully saturated rings. The molecule has 0 spiro atoms. The molecule has 0 saturated heterocycles. The van der Waals surface area contributed by atoms with Crippen molar-refractivity contribution in [1.82, 2.24) is 9.97 Å². The monoisotopic (exact) mass is 313 g/mol. The summed E-state index contributed by atoms with van der Waals surface area (Å²) < 4.78 is 0. The highest BCUT2D eigenvalue weighted by Crippen LogP contribution is 2.40. The van der Waals surface area contributed by atoms with Gasteiger partial charge in [-0.05, 0) is 30.2 Å². The van der Waals surface area contributed by atoms with E-state index in [0.29, 0.717) is 21.7 Å². The molecule has 0 amide bonds. The largest absolute Gasteiger partial charge is 0.504 e. The SMILES string of the molecule is Oc1cc2ncnc(N3CCc4ccc(Cl)cc43)c2cc1O. The Balaban J connectivity index is 1.93. The van der Waals surface area contributed by atoms with Gasteiger partial charge in [0.05, 0.1) is 5.52 Å². The summed E-state index contributed by atoms with van der Waals surface area (Å²) in [5.74, 6) is 0.317. The number of nitrogens with zero attached hydrogens (tertiary/aromatic N) is 3. The Morgan fingerprint density at radius 3 is 2.73 bits per heavy atom. The van der Waals surface area contributed by atoms with Gasteiger partial charge >= 0.3 is 0 Å². The molecule has 1 aliphatic heterocycles. The van der Waals surface area contributed by atoms with E-state index in [1.165, 1.54) is 24.0 Å². The van der Waals surface area contributed by atoms with Crippen molar-refractivity contribution < 1.29 is 10.2 Å². The first-order chi connectivity index (χ1) is 10.6. The zero-order valence-corrected chi connectivity index (χ0v) is 12.2. The second-order valence-corrected chi connectivity index (χ2v) is 5.67. The number of phenols is 2. The molecule has 6 heteroatoms. The van der Waals surface area contributed by atoms with Gasteiger partial charge in [0.2, 0.25) is 0 Å². The van der Waals surface area contributed by atoms with Gasteiger partial charge in [-0.1, -0.05) is 17.7 Å². The predicted octanol–water partition coefficient (Wildman–Crippen LogP) is 3.39. The van der Waals surface area contributed by atoms with Crippen LogP contribution in [0.5, 0.6) is 11.5 Å². The third kappa shape index (κ3) is 1.94. The summed E-state index contributed by atoms with van der Waals surface area (Å²) in [5.41, 5.74) is 2.80. The highest BCUT2D eigenvalue weighted by Gasteiger charge is 2.23. The minimum Gasteiger partial charge on any atom is -0.504 e. The molecule has 2 N–H and O–H groups in total. The van der Waals surface area contributed by atoms with Crippen LogP contribution in [0.3, 0.4) is 0 Å². The van der Waals surface area contributed by atoms with E-state index >= 15 is 0 Å². The van der Waals surface area contributed by atoms with Crippen LogP contribution < -0.4 is 4.90 Å². The molecule has 0 bridgehead atoms. The number of phenolic OH excluding ortho intramolecular Hbond substituents is 2. The minimum absolute atomic E-state index is 0.186. The molecule has 1 aromatic heterocycles. The fraction of sp³-hybridized carbons (Fsp3) is 0.125. The topological polar surface area (TPSA) is 69.5 Å². The second kappa shape index (κ2) is 4.74. The molecule has 0 aliphatic carbocycles. The van der Waals surface area contributed by atoms with Gasteiger partial charge in [0.1, 0.15) is 12.1 Å². The van der Waals surface area contributed by atoms with E-state index in [0.717, 1.165) is 18.7 Å². The molecular formula is C16H12ClN3O2. The summed E-state index contributed by atoms with van der Waals surface area (Å²) in [4.78, 5) is 10.6. The Bertz CT molecular complexity index is 898. The first-order valence-electron chi connectivity index (χ1n) is 6.86. The van der Waals surface area contributed by atoms with Crippen molar-refractivity contribution in [1.29, 1.82) is 0 Å². The third-order valence-electron chi connectivity index (χ3n) is 3.91. The van der Waals surface area contributed by atoms with Crippen LogP contribution in [0.2, 0.25) is 5.02 Å². The first-order valence-corrected chi connectivity index (χ1v) is 7.24. The number of hydrogen-bond acceptors (Lipinski definition) is 5. The Morgan fingerprint density at radius 2 is 1.86 bits per heavy atom. The molecule has 5 nitrogen and oxygen atoms in total. The Labute approximate surface area is 131 Å². The van der Waals surface area contributed by atoms with Crippen molar-refractivity contribution in [3.8, 4) is 11.5 Å². The Morgan fingerprint density at radius 1 is 1.05 bits per heavy atom. The molecule has 1 aliphatic rings. The molecule has 0 radical (unpaired) electrons.